The van der Waals surface area contributed by atoms with Gasteiger partial charge in [0.15, 0.2) is 5.82 Å². The summed E-state index contributed by atoms with van der Waals surface area (Å²) in [7, 11) is 1.57. The van der Waals surface area contributed by atoms with Gasteiger partial charge in [-0.2, -0.15) is 4.98 Å². The highest BCUT2D eigenvalue weighted by Crippen LogP contribution is 2.20. The Balaban J connectivity index is 2.08. The number of nitrogens with one attached hydrogen (secondary N) is 1. The minimum atomic E-state index is 0.543. The summed E-state index contributed by atoms with van der Waals surface area (Å²) in [5, 5.41) is 3.14. The Kier molecular flexibility index (Phi) is 3.21. The molecule has 0 bridgehead atoms. The van der Waals surface area contributed by atoms with Crippen LogP contribution >= 0.6 is 11.3 Å². The van der Waals surface area contributed by atoms with Gasteiger partial charge in [-0.15, -0.1) is 11.3 Å². The quantitative estimate of drug-likeness (QED) is 0.846. The van der Waals surface area contributed by atoms with Crippen molar-refractivity contribution in [1.29, 1.82) is 0 Å². The van der Waals surface area contributed by atoms with E-state index in [0.717, 1.165) is 4.88 Å². The predicted octanol–water partition coefficient (Wildman–Crippen LogP) is 1.74. The molecule has 0 saturated carbocycles. The smallest absolute Gasteiger partial charge is 0.215 e. The molecule has 2 heterocycles. The minimum Gasteiger partial charge on any atom is -0.481 e. The fraction of sp³-hybridized carbons (Fsp3) is 0.200. The maximum Gasteiger partial charge on any atom is 0.215 e. The molecule has 2 rings (SSSR count). The fourth-order valence-electron chi connectivity index (χ4n) is 1.21. The number of methoxy groups -OCH3 is 1. The maximum atomic E-state index is 5.79. The molecule has 0 aliphatic rings. The molecular weight excluding hydrogens is 224 g/mol. The second kappa shape index (κ2) is 4.80. The third-order valence-electron chi connectivity index (χ3n) is 2.02. The fourth-order valence-corrected chi connectivity index (χ4v) is 1.74. The van der Waals surface area contributed by atoms with Crippen LogP contribution in [0.3, 0.4) is 0 Å². The summed E-state index contributed by atoms with van der Waals surface area (Å²) in [6, 6.07) is 3.49. The monoisotopic (exact) mass is 236 g/mol. The molecule has 0 unspecified atom stereocenters. The van der Waals surface area contributed by atoms with E-state index in [9.17, 15) is 0 Å². The number of thiazole rings is 1. The van der Waals surface area contributed by atoms with Crippen molar-refractivity contribution < 1.29 is 4.74 Å². The molecule has 0 aliphatic heterocycles. The van der Waals surface area contributed by atoms with Gasteiger partial charge in [-0.05, 0) is 6.07 Å². The molecule has 0 amide bonds. The Morgan fingerprint density at radius 1 is 1.50 bits per heavy atom. The summed E-state index contributed by atoms with van der Waals surface area (Å²) in [6.45, 7) is 0.662. The van der Waals surface area contributed by atoms with Crippen LogP contribution in [0.25, 0.3) is 0 Å². The Bertz CT molecular complexity index is 458. The van der Waals surface area contributed by atoms with E-state index in [1.165, 1.54) is 0 Å². The summed E-state index contributed by atoms with van der Waals surface area (Å²) in [4.78, 5) is 9.34. The highest BCUT2D eigenvalue weighted by atomic mass is 32.1. The molecular formula is C10H12N4OS. The van der Waals surface area contributed by atoms with Crippen LogP contribution in [0, 0.1) is 0 Å². The molecule has 2 aromatic heterocycles. The molecule has 0 spiro atoms. The number of aromatic nitrogens is 2. The summed E-state index contributed by atoms with van der Waals surface area (Å²) in [6.07, 6.45) is 1.81. The van der Waals surface area contributed by atoms with Crippen LogP contribution in [0.4, 0.5) is 11.5 Å². The molecule has 0 aromatic carbocycles. The Hall–Kier alpha value is -1.82. The van der Waals surface area contributed by atoms with Gasteiger partial charge in [-0.1, -0.05) is 0 Å². The number of hydrogen-bond acceptors (Lipinski definition) is 6. The first kappa shape index (κ1) is 10.7. The first-order chi connectivity index (χ1) is 7.79. The molecule has 6 heteroatoms. The average Bonchev–Trinajstić information content (AvgIpc) is 2.81. The number of nitrogens with zero attached hydrogens (tertiary/aromatic N) is 2. The Labute approximate surface area is 97.3 Å². The van der Waals surface area contributed by atoms with Crippen LogP contribution in [0.2, 0.25) is 0 Å². The zero-order valence-corrected chi connectivity index (χ0v) is 9.62. The van der Waals surface area contributed by atoms with E-state index in [2.05, 4.69) is 15.3 Å². The van der Waals surface area contributed by atoms with Crippen molar-refractivity contribution >= 4 is 22.8 Å². The van der Waals surface area contributed by atoms with E-state index in [-0.39, 0.29) is 0 Å². The lowest BCUT2D eigenvalue weighted by Crippen LogP contribution is -2.04. The second-order valence-corrected chi connectivity index (χ2v) is 4.08. The van der Waals surface area contributed by atoms with Gasteiger partial charge < -0.3 is 15.8 Å². The molecule has 84 valence electrons. The predicted molar refractivity (Wildman–Crippen MR) is 64.6 cm³/mol. The van der Waals surface area contributed by atoms with Crippen LogP contribution in [-0.4, -0.2) is 17.1 Å². The van der Waals surface area contributed by atoms with Crippen LogP contribution < -0.4 is 15.8 Å². The second-order valence-electron chi connectivity index (χ2n) is 3.11. The van der Waals surface area contributed by atoms with Gasteiger partial charge in [0.1, 0.15) is 0 Å². The molecule has 0 radical (unpaired) electrons. The molecule has 0 aliphatic carbocycles. The SMILES string of the molecule is COc1ccc(N)c(NCc2cncs2)n1. The number of rotatable bonds is 4. The number of nitrogen functional groups attached to an aromatic ring is 1. The molecule has 5 nitrogen and oxygen atoms in total. The molecule has 0 fully saturated rings. The van der Waals surface area contributed by atoms with E-state index in [4.69, 9.17) is 10.5 Å². The van der Waals surface area contributed by atoms with E-state index in [1.807, 2.05) is 6.20 Å². The molecule has 0 saturated heterocycles. The van der Waals surface area contributed by atoms with Crippen molar-refractivity contribution in [1.82, 2.24) is 9.97 Å². The highest BCUT2D eigenvalue weighted by Gasteiger charge is 2.03. The maximum absolute atomic E-state index is 5.79. The first-order valence-corrected chi connectivity index (χ1v) is 5.59. The number of pyridine rings is 1. The number of anilines is 2. The number of nitrogens with two attached hydrogens (primary N) is 1. The molecule has 2 aromatic rings. The van der Waals surface area contributed by atoms with E-state index >= 15 is 0 Å². The highest BCUT2D eigenvalue weighted by molar-refractivity contribution is 7.09. The normalized spacial score (nSPS) is 10.1. The lowest BCUT2D eigenvalue weighted by molar-refractivity contribution is 0.398. The van der Waals surface area contributed by atoms with Gasteiger partial charge in [-0.3, -0.25) is 4.98 Å². The molecule has 0 atom stereocenters. The Morgan fingerprint density at radius 2 is 2.38 bits per heavy atom. The van der Waals surface area contributed by atoms with Gasteiger partial charge in [0.25, 0.3) is 0 Å². The van der Waals surface area contributed by atoms with E-state index < -0.39 is 0 Å². The van der Waals surface area contributed by atoms with Crippen molar-refractivity contribution in [2.24, 2.45) is 0 Å². The number of ether oxygens (including phenoxy) is 1. The summed E-state index contributed by atoms with van der Waals surface area (Å²) in [5.74, 6) is 1.17. The van der Waals surface area contributed by atoms with Crippen molar-refractivity contribution in [3.63, 3.8) is 0 Å². The molecule has 3 N–H and O–H groups in total. The largest absolute Gasteiger partial charge is 0.481 e. The van der Waals surface area contributed by atoms with E-state index in [0.29, 0.717) is 23.9 Å². The Morgan fingerprint density at radius 3 is 3.06 bits per heavy atom. The van der Waals surface area contributed by atoms with Crippen molar-refractivity contribution in [3.8, 4) is 5.88 Å². The summed E-state index contributed by atoms with van der Waals surface area (Å²) >= 11 is 1.58. The summed E-state index contributed by atoms with van der Waals surface area (Å²) < 4.78 is 5.03. The molecule has 16 heavy (non-hydrogen) atoms. The van der Waals surface area contributed by atoms with Crippen LogP contribution in [0.1, 0.15) is 4.88 Å². The van der Waals surface area contributed by atoms with Crippen molar-refractivity contribution in [3.05, 3.63) is 28.7 Å². The van der Waals surface area contributed by atoms with Gasteiger partial charge in [-0.25, -0.2) is 0 Å². The first-order valence-electron chi connectivity index (χ1n) is 4.71. The average molecular weight is 236 g/mol. The van der Waals surface area contributed by atoms with Crippen molar-refractivity contribution in [2.75, 3.05) is 18.2 Å². The third-order valence-corrected chi connectivity index (χ3v) is 2.80. The topological polar surface area (TPSA) is 73.1 Å². The standard InChI is InChI=1S/C10H12N4OS/c1-15-9-3-2-8(11)10(14-9)13-5-7-4-12-6-16-7/h2-4,6H,5,11H2,1H3,(H,13,14). The lowest BCUT2D eigenvalue weighted by Gasteiger charge is -2.08. The zero-order chi connectivity index (χ0) is 11.4. The zero-order valence-electron chi connectivity index (χ0n) is 8.80. The third kappa shape index (κ3) is 2.40. The van der Waals surface area contributed by atoms with Gasteiger partial charge in [0.2, 0.25) is 5.88 Å². The van der Waals surface area contributed by atoms with Gasteiger partial charge >= 0.3 is 0 Å². The number of hydrogen-bond donors (Lipinski definition) is 2. The van der Waals surface area contributed by atoms with Crippen LogP contribution in [-0.2, 0) is 6.54 Å². The van der Waals surface area contributed by atoms with Crippen LogP contribution in [0.5, 0.6) is 5.88 Å². The van der Waals surface area contributed by atoms with Crippen LogP contribution in [0.15, 0.2) is 23.8 Å². The van der Waals surface area contributed by atoms with E-state index in [1.54, 1.807) is 36.1 Å². The van der Waals surface area contributed by atoms with Gasteiger partial charge in [0.05, 0.1) is 24.9 Å². The minimum absolute atomic E-state index is 0.543. The lowest BCUT2D eigenvalue weighted by atomic mass is 10.4. The van der Waals surface area contributed by atoms with Gasteiger partial charge in [0, 0.05) is 17.1 Å². The summed E-state index contributed by atoms with van der Waals surface area (Å²) in [5.41, 5.74) is 8.18. The van der Waals surface area contributed by atoms with Crippen molar-refractivity contribution in [2.45, 2.75) is 6.54 Å².